The molecule has 4 aliphatic carbocycles. The molecule has 3 saturated carbocycles. The molecule has 2 heteroatoms. The summed E-state index contributed by atoms with van der Waals surface area (Å²) in [5.74, 6) is 7.94. The van der Waals surface area contributed by atoms with Crippen molar-refractivity contribution in [1.29, 1.82) is 0 Å². The third-order valence-electron chi connectivity index (χ3n) is 5.52. The Morgan fingerprint density at radius 3 is 2.44 bits per heavy atom. The van der Waals surface area contributed by atoms with Gasteiger partial charge in [-0.1, -0.05) is 30.4 Å². The van der Waals surface area contributed by atoms with E-state index in [1.54, 1.807) is 0 Å². The van der Waals surface area contributed by atoms with Crippen LogP contribution in [0.4, 0.5) is 0 Å². The summed E-state index contributed by atoms with van der Waals surface area (Å²) in [5.41, 5.74) is 0. The topological polar surface area (TPSA) is 0 Å². The molecule has 0 saturated heterocycles. The van der Waals surface area contributed by atoms with E-state index in [0.717, 1.165) is 41.9 Å². The van der Waals surface area contributed by atoms with Crippen molar-refractivity contribution in [3.63, 3.8) is 0 Å². The van der Waals surface area contributed by atoms with Crippen molar-refractivity contribution in [2.24, 2.45) is 35.5 Å². The zero-order valence-electron chi connectivity index (χ0n) is 9.81. The fourth-order valence-corrected chi connectivity index (χ4v) is 5.20. The minimum Gasteiger partial charge on any atom is -0.372 e. The SMILES string of the molecule is [CH2-]C[C-]1CC2CC1C1C3C=CC(C3)C21.[Y].[Y]. The first-order valence-corrected chi connectivity index (χ1v) is 6.20. The van der Waals surface area contributed by atoms with Gasteiger partial charge < -0.3 is 19.3 Å². The minimum absolute atomic E-state index is 0. The van der Waals surface area contributed by atoms with E-state index in [0.29, 0.717) is 0 Å². The van der Waals surface area contributed by atoms with E-state index in [4.69, 9.17) is 0 Å². The molecule has 6 atom stereocenters. The Labute approximate surface area is 150 Å². The van der Waals surface area contributed by atoms with Gasteiger partial charge >= 0.3 is 0 Å². The third kappa shape index (κ3) is 1.76. The molecule has 0 nitrogen and oxygen atoms in total. The summed E-state index contributed by atoms with van der Waals surface area (Å²) < 4.78 is 0. The van der Waals surface area contributed by atoms with Gasteiger partial charge in [0.05, 0.1) is 0 Å². The van der Waals surface area contributed by atoms with Crippen LogP contribution in [-0.2, 0) is 65.4 Å². The second kappa shape index (κ2) is 5.14. The molecule has 16 heavy (non-hydrogen) atoms. The molecule has 4 rings (SSSR count). The van der Waals surface area contributed by atoms with Crippen LogP contribution < -0.4 is 0 Å². The van der Waals surface area contributed by atoms with Gasteiger partial charge in [0.2, 0.25) is 0 Å². The standard InChI is InChI=1S/C14H18.2Y/c1-2-8-5-11-7-12(8)14-10-4-3-9(6-10)13(11)14;;/h3-4,9-14H,1-2,5-7H2;;/q-2;;. The molecule has 0 N–H and O–H groups in total. The van der Waals surface area contributed by atoms with Crippen molar-refractivity contribution in [3.05, 3.63) is 25.0 Å². The largest absolute Gasteiger partial charge is 0.372 e. The maximum atomic E-state index is 4.11. The Bertz CT molecular complexity index is 299. The van der Waals surface area contributed by atoms with E-state index in [2.05, 4.69) is 19.1 Å². The summed E-state index contributed by atoms with van der Waals surface area (Å²) in [5, 5.41) is 0. The van der Waals surface area contributed by atoms with Gasteiger partial charge in [-0.25, -0.2) is 0 Å². The van der Waals surface area contributed by atoms with Crippen LogP contribution in [-0.4, -0.2) is 0 Å². The summed E-state index contributed by atoms with van der Waals surface area (Å²) in [6, 6.07) is 0. The molecular formula is C14H18Y2-2. The first-order chi connectivity index (χ1) is 6.88. The Hall–Kier alpha value is 1.95. The van der Waals surface area contributed by atoms with Crippen LogP contribution in [0, 0.1) is 48.3 Å². The molecule has 2 radical (unpaired) electrons. The second-order valence-electron chi connectivity index (χ2n) is 5.82. The maximum Gasteiger partial charge on any atom is 0 e. The molecule has 6 unspecified atom stereocenters. The fraction of sp³-hybridized carbons (Fsp3) is 0.714. The van der Waals surface area contributed by atoms with E-state index in [-0.39, 0.29) is 65.4 Å². The van der Waals surface area contributed by atoms with E-state index in [9.17, 15) is 0 Å². The van der Waals surface area contributed by atoms with E-state index in [1.165, 1.54) is 19.3 Å². The van der Waals surface area contributed by atoms with Crippen molar-refractivity contribution in [2.45, 2.75) is 25.7 Å². The molecule has 82 valence electrons. The molecular weight excluding hydrogens is 346 g/mol. The molecule has 0 heterocycles. The van der Waals surface area contributed by atoms with Gasteiger partial charge in [-0.3, -0.25) is 0 Å². The summed E-state index contributed by atoms with van der Waals surface area (Å²) in [6.07, 6.45) is 10.6. The van der Waals surface area contributed by atoms with Gasteiger partial charge in [0, 0.05) is 65.4 Å². The van der Waals surface area contributed by atoms with Gasteiger partial charge in [-0.05, 0) is 24.2 Å². The number of rotatable bonds is 1. The predicted molar refractivity (Wildman–Crippen MR) is 57.1 cm³/mol. The Morgan fingerprint density at radius 2 is 1.75 bits per heavy atom. The third-order valence-corrected chi connectivity index (χ3v) is 5.52. The average molecular weight is 364 g/mol. The zero-order valence-corrected chi connectivity index (χ0v) is 15.5. The minimum atomic E-state index is 0. The molecule has 4 bridgehead atoms. The number of allylic oxidation sites excluding steroid dienone is 2. The molecule has 0 aliphatic heterocycles. The van der Waals surface area contributed by atoms with Crippen LogP contribution >= 0.6 is 0 Å². The van der Waals surface area contributed by atoms with Crippen LogP contribution in [0.5, 0.6) is 0 Å². The molecule has 3 fully saturated rings. The summed E-state index contributed by atoms with van der Waals surface area (Å²) in [4.78, 5) is 0. The summed E-state index contributed by atoms with van der Waals surface area (Å²) in [6.45, 7) is 4.11. The summed E-state index contributed by atoms with van der Waals surface area (Å²) in [7, 11) is 0. The monoisotopic (exact) mass is 364 g/mol. The van der Waals surface area contributed by atoms with Crippen LogP contribution in [0.25, 0.3) is 0 Å². The first kappa shape index (κ1) is 14.4. The van der Waals surface area contributed by atoms with Gasteiger partial charge in [0.15, 0.2) is 0 Å². The zero-order chi connectivity index (χ0) is 9.28. The van der Waals surface area contributed by atoms with Gasteiger partial charge in [0.1, 0.15) is 0 Å². The Kier molecular flexibility index (Phi) is 4.62. The van der Waals surface area contributed by atoms with Gasteiger partial charge in [-0.2, -0.15) is 12.3 Å². The maximum absolute atomic E-state index is 4.11. The average Bonchev–Trinajstić information content (AvgIpc) is 2.94. The normalized spacial score (nSPS) is 51.3. The second-order valence-corrected chi connectivity index (χ2v) is 5.82. The first-order valence-electron chi connectivity index (χ1n) is 6.20. The van der Waals surface area contributed by atoms with Crippen molar-refractivity contribution >= 4 is 0 Å². The smallest absolute Gasteiger partial charge is 0 e. The molecule has 0 aromatic carbocycles. The van der Waals surface area contributed by atoms with Gasteiger partial charge in [0.25, 0.3) is 0 Å². The number of fused-ring (bicyclic) bond motifs is 9. The van der Waals surface area contributed by atoms with Crippen molar-refractivity contribution in [3.8, 4) is 0 Å². The summed E-state index contributed by atoms with van der Waals surface area (Å²) >= 11 is 0. The van der Waals surface area contributed by atoms with E-state index >= 15 is 0 Å². The Morgan fingerprint density at radius 1 is 1.06 bits per heavy atom. The molecule has 0 spiro atoms. The van der Waals surface area contributed by atoms with Crippen LogP contribution in [0.2, 0.25) is 0 Å². The predicted octanol–water partition coefficient (Wildman–Crippen LogP) is 3.26. The number of hydrogen-bond acceptors (Lipinski definition) is 0. The molecule has 0 aromatic heterocycles. The van der Waals surface area contributed by atoms with Crippen LogP contribution in [0.1, 0.15) is 25.7 Å². The van der Waals surface area contributed by atoms with Crippen molar-refractivity contribution in [1.82, 2.24) is 0 Å². The van der Waals surface area contributed by atoms with Crippen LogP contribution in [0.15, 0.2) is 12.2 Å². The number of hydrogen-bond donors (Lipinski definition) is 0. The van der Waals surface area contributed by atoms with Gasteiger partial charge in [-0.15, -0.1) is 0 Å². The van der Waals surface area contributed by atoms with Crippen molar-refractivity contribution < 1.29 is 65.4 Å². The molecule has 0 amide bonds. The van der Waals surface area contributed by atoms with Crippen LogP contribution in [0.3, 0.4) is 0 Å². The fourth-order valence-electron chi connectivity index (χ4n) is 5.20. The molecule has 4 aliphatic rings. The van der Waals surface area contributed by atoms with E-state index < -0.39 is 0 Å². The Balaban J connectivity index is 0.000000482. The van der Waals surface area contributed by atoms with Crippen molar-refractivity contribution in [2.75, 3.05) is 0 Å². The van der Waals surface area contributed by atoms with E-state index in [1.807, 2.05) is 5.92 Å². The molecule has 0 aromatic rings. The quantitative estimate of drug-likeness (QED) is 0.381.